The number of methoxy groups -OCH3 is 1. The molecule has 5 heteroatoms. The van der Waals surface area contributed by atoms with E-state index >= 15 is 0 Å². The Balaban J connectivity index is 2.29. The Labute approximate surface area is 106 Å². The number of hydrazine groups is 1. The van der Waals surface area contributed by atoms with E-state index in [1.165, 1.54) is 10.4 Å². The van der Waals surface area contributed by atoms with Crippen LogP contribution in [0.1, 0.15) is 29.3 Å². The third kappa shape index (κ3) is 2.39. The molecule has 1 aromatic rings. The average Bonchev–Trinajstić information content (AvgIpc) is 2.78. The molecular weight excluding hydrogens is 236 g/mol. The summed E-state index contributed by atoms with van der Waals surface area (Å²) in [6.07, 6.45) is 1.74. The van der Waals surface area contributed by atoms with E-state index in [1.807, 2.05) is 0 Å². The minimum atomic E-state index is -0.251. The summed E-state index contributed by atoms with van der Waals surface area (Å²) in [7, 11) is 1.76. The maximum Gasteiger partial charge on any atom is 0.0929 e. The molecule has 17 heavy (non-hydrogen) atoms. The molecule has 96 valence electrons. The quantitative estimate of drug-likeness (QED) is 0.636. The molecule has 0 aromatic carbocycles. The fourth-order valence-electron chi connectivity index (χ4n) is 2.55. The van der Waals surface area contributed by atoms with Gasteiger partial charge in [0, 0.05) is 38.0 Å². The van der Waals surface area contributed by atoms with Crippen molar-refractivity contribution < 1.29 is 9.47 Å². The number of nitrogens with two attached hydrogens (primary N) is 1. The van der Waals surface area contributed by atoms with E-state index in [2.05, 4.69) is 23.8 Å². The number of aryl methyl sites for hydroxylation is 1. The molecule has 1 unspecified atom stereocenters. The van der Waals surface area contributed by atoms with Crippen LogP contribution in [0.2, 0.25) is 0 Å². The van der Waals surface area contributed by atoms with Crippen molar-refractivity contribution in [1.82, 2.24) is 5.43 Å². The summed E-state index contributed by atoms with van der Waals surface area (Å²) in [6.45, 7) is 3.58. The molecule has 0 aliphatic carbocycles. The first kappa shape index (κ1) is 13.0. The first-order chi connectivity index (χ1) is 8.23. The van der Waals surface area contributed by atoms with Gasteiger partial charge in [0.25, 0.3) is 0 Å². The predicted molar refractivity (Wildman–Crippen MR) is 68.9 cm³/mol. The van der Waals surface area contributed by atoms with Crippen LogP contribution in [0.4, 0.5) is 0 Å². The summed E-state index contributed by atoms with van der Waals surface area (Å²) < 4.78 is 11.2. The second-order valence-corrected chi connectivity index (χ2v) is 5.53. The fourth-order valence-corrected chi connectivity index (χ4v) is 3.29. The highest BCUT2D eigenvalue weighted by Gasteiger charge is 2.41. The van der Waals surface area contributed by atoms with Gasteiger partial charge in [0.1, 0.15) is 0 Å². The van der Waals surface area contributed by atoms with Gasteiger partial charge in [-0.1, -0.05) is 0 Å². The van der Waals surface area contributed by atoms with Crippen LogP contribution in [0, 0.1) is 6.92 Å². The highest BCUT2D eigenvalue weighted by molar-refractivity contribution is 7.10. The van der Waals surface area contributed by atoms with Crippen LogP contribution in [-0.2, 0) is 9.47 Å². The standard InChI is InChI=1S/C12H20N2O2S/c1-9-10(3-8-17-9)11(14-13)12(15-2)4-6-16-7-5-12/h3,8,11,14H,4-7,13H2,1-2H3. The van der Waals surface area contributed by atoms with E-state index in [9.17, 15) is 0 Å². The molecule has 0 bridgehead atoms. The van der Waals surface area contributed by atoms with Gasteiger partial charge in [0.05, 0.1) is 11.6 Å². The van der Waals surface area contributed by atoms with E-state index in [1.54, 1.807) is 18.4 Å². The molecule has 2 rings (SSSR count). The number of hydrogen-bond donors (Lipinski definition) is 2. The largest absolute Gasteiger partial charge is 0.381 e. The average molecular weight is 256 g/mol. The zero-order valence-corrected chi connectivity index (χ0v) is 11.2. The number of hydrogen-bond acceptors (Lipinski definition) is 5. The Morgan fingerprint density at radius 3 is 2.71 bits per heavy atom. The van der Waals surface area contributed by atoms with Gasteiger partial charge < -0.3 is 9.47 Å². The number of nitrogens with one attached hydrogen (secondary N) is 1. The lowest BCUT2D eigenvalue weighted by Gasteiger charge is -2.42. The van der Waals surface area contributed by atoms with E-state index < -0.39 is 0 Å². The molecule has 0 amide bonds. The topological polar surface area (TPSA) is 56.5 Å². The third-order valence-corrected chi connectivity index (χ3v) is 4.51. The zero-order chi connectivity index (χ0) is 12.3. The number of ether oxygens (including phenoxy) is 2. The van der Waals surface area contributed by atoms with E-state index in [0.717, 1.165) is 26.1 Å². The molecule has 0 radical (unpaired) electrons. The number of thiophene rings is 1. The molecule has 1 aromatic heterocycles. The van der Waals surface area contributed by atoms with Gasteiger partial charge in [-0.15, -0.1) is 11.3 Å². The van der Waals surface area contributed by atoms with Gasteiger partial charge in [-0.25, -0.2) is 0 Å². The SMILES string of the molecule is COC1(C(NN)c2ccsc2C)CCOCC1. The van der Waals surface area contributed by atoms with Crippen molar-refractivity contribution >= 4 is 11.3 Å². The second-order valence-electron chi connectivity index (χ2n) is 4.41. The Bertz CT molecular complexity index is 361. The summed E-state index contributed by atoms with van der Waals surface area (Å²) >= 11 is 1.74. The maximum atomic E-state index is 5.79. The summed E-state index contributed by atoms with van der Waals surface area (Å²) in [5, 5.41) is 2.09. The second kappa shape index (κ2) is 5.46. The van der Waals surface area contributed by atoms with Crippen LogP contribution < -0.4 is 11.3 Å². The van der Waals surface area contributed by atoms with Gasteiger partial charge in [-0.05, 0) is 23.9 Å². The highest BCUT2D eigenvalue weighted by Crippen LogP contribution is 2.39. The van der Waals surface area contributed by atoms with Crippen molar-refractivity contribution in [2.24, 2.45) is 5.84 Å². The molecule has 2 heterocycles. The van der Waals surface area contributed by atoms with Gasteiger partial charge in [-0.2, -0.15) is 0 Å². The first-order valence-corrected chi connectivity index (χ1v) is 6.74. The summed E-state index contributed by atoms with van der Waals surface area (Å²) in [5.74, 6) is 5.76. The molecule has 4 nitrogen and oxygen atoms in total. The molecule has 1 aliphatic rings. The molecule has 1 atom stereocenters. The smallest absolute Gasteiger partial charge is 0.0929 e. The highest BCUT2D eigenvalue weighted by atomic mass is 32.1. The van der Waals surface area contributed by atoms with Crippen molar-refractivity contribution in [2.45, 2.75) is 31.4 Å². The monoisotopic (exact) mass is 256 g/mol. The Hall–Kier alpha value is -0.460. The first-order valence-electron chi connectivity index (χ1n) is 5.86. The van der Waals surface area contributed by atoms with Crippen LogP contribution >= 0.6 is 11.3 Å². The Morgan fingerprint density at radius 2 is 2.24 bits per heavy atom. The van der Waals surface area contributed by atoms with Crippen molar-refractivity contribution in [3.63, 3.8) is 0 Å². The fraction of sp³-hybridized carbons (Fsp3) is 0.667. The van der Waals surface area contributed by atoms with Crippen LogP contribution in [0.25, 0.3) is 0 Å². The van der Waals surface area contributed by atoms with Gasteiger partial charge in [0.2, 0.25) is 0 Å². The van der Waals surface area contributed by atoms with E-state index in [0.29, 0.717) is 0 Å². The molecule has 0 spiro atoms. The molecule has 1 aliphatic heterocycles. The number of rotatable bonds is 4. The maximum absolute atomic E-state index is 5.79. The molecule has 3 N–H and O–H groups in total. The Kier molecular flexibility index (Phi) is 4.17. The normalized spacial score (nSPS) is 21.4. The van der Waals surface area contributed by atoms with Gasteiger partial charge in [-0.3, -0.25) is 11.3 Å². The van der Waals surface area contributed by atoms with E-state index in [-0.39, 0.29) is 11.6 Å². The lowest BCUT2D eigenvalue weighted by Crippen LogP contribution is -2.51. The molecule has 1 fully saturated rings. The zero-order valence-electron chi connectivity index (χ0n) is 10.4. The lowest BCUT2D eigenvalue weighted by molar-refractivity contribution is -0.111. The third-order valence-electron chi connectivity index (χ3n) is 3.65. The predicted octanol–water partition coefficient (Wildman–Crippen LogP) is 1.76. The molecule has 0 saturated carbocycles. The van der Waals surface area contributed by atoms with Crippen molar-refractivity contribution in [2.75, 3.05) is 20.3 Å². The molecule has 1 saturated heterocycles. The molecular formula is C12H20N2O2S. The minimum absolute atomic E-state index is 0.0302. The Morgan fingerprint density at radius 1 is 1.53 bits per heavy atom. The summed E-state index contributed by atoms with van der Waals surface area (Å²) in [4.78, 5) is 1.29. The van der Waals surface area contributed by atoms with Crippen LogP contribution in [0.15, 0.2) is 11.4 Å². The van der Waals surface area contributed by atoms with Crippen molar-refractivity contribution in [1.29, 1.82) is 0 Å². The lowest BCUT2D eigenvalue weighted by atomic mass is 9.82. The summed E-state index contributed by atoms with van der Waals surface area (Å²) in [6, 6.07) is 2.16. The minimum Gasteiger partial charge on any atom is -0.381 e. The van der Waals surface area contributed by atoms with Crippen LogP contribution in [0.5, 0.6) is 0 Å². The van der Waals surface area contributed by atoms with Crippen molar-refractivity contribution in [3.05, 3.63) is 21.9 Å². The van der Waals surface area contributed by atoms with E-state index in [4.69, 9.17) is 15.3 Å². The summed E-state index contributed by atoms with van der Waals surface area (Å²) in [5.41, 5.74) is 3.92. The van der Waals surface area contributed by atoms with Crippen molar-refractivity contribution in [3.8, 4) is 0 Å². The van der Waals surface area contributed by atoms with Crippen LogP contribution in [0.3, 0.4) is 0 Å². The van der Waals surface area contributed by atoms with Gasteiger partial charge >= 0.3 is 0 Å². The van der Waals surface area contributed by atoms with Crippen LogP contribution in [-0.4, -0.2) is 25.9 Å². The van der Waals surface area contributed by atoms with Gasteiger partial charge in [0.15, 0.2) is 0 Å².